The van der Waals surface area contributed by atoms with Gasteiger partial charge in [-0.2, -0.15) is 0 Å². The molecule has 1 aromatic carbocycles. The minimum atomic E-state index is -0.403. The van der Waals surface area contributed by atoms with Crippen LogP contribution < -0.4 is 4.74 Å². The van der Waals surface area contributed by atoms with Crippen LogP contribution in [0.3, 0.4) is 0 Å². The standard InChI is InChI=1S/C16H17NO3/c1-11-14(16(18)19-3)9-17-12(2)15(11)20-10-13-7-5-4-6-8-13/h4-9H,10H2,1-3H3. The molecule has 104 valence electrons. The average Bonchev–Trinajstić information content (AvgIpc) is 2.47. The number of hydrogen-bond acceptors (Lipinski definition) is 4. The van der Waals surface area contributed by atoms with Gasteiger partial charge in [-0.05, 0) is 19.4 Å². The number of hydrogen-bond donors (Lipinski definition) is 0. The molecule has 4 heteroatoms. The van der Waals surface area contributed by atoms with Crippen molar-refractivity contribution >= 4 is 5.97 Å². The maximum Gasteiger partial charge on any atom is 0.339 e. The van der Waals surface area contributed by atoms with E-state index in [0.29, 0.717) is 17.9 Å². The molecule has 0 amide bonds. The summed E-state index contributed by atoms with van der Waals surface area (Å²) in [4.78, 5) is 15.8. The molecule has 2 rings (SSSR count). The molecule has 2 aromatic rings. The Morgan fingerprint density at radius 1 is 1.20 bits per heavy atom. The maximum absolute atomic E-state index is 11.7. The number of ether oxygens (including phenoxy) is 2. The number of carbonyl (C=O) groups excluding carboxylic acids is 1. The van der Waals surface area contributed by atoms with Gasteiger partial charge >= 0.3 is 5.97 Å². The number of methoxy groups -OCH3 is 1. The van der Waals surface area contributed by atoms with Gasteiger partial charge in [0.15, 0.2) is 0 Å². The Morgan fingerprint density at radius 3 is 2.55 bits per heavy atom. The minimum Gasteiger partial charge on any atom is -0.487 e. The predicted molar refractivity (Wildman–Crippen MR) is 75.8 cm³/mol. The predicted octanol–water partition coefficient (Wildman–Crippen LogP) is 3.06. The third-order valence-corrected chi connectivity index (χ3v) is 3.09. The fourth-order valence-electron chi connectivity index (χ4n) is 1.97. The molecule has 0 radical (unpaired) electrons. The molecule has 1 aromatic heterocycles. The van der Waals surface area contributed by atoms with Crippen molar-refractivity contribution in [3.05, 3.63) is 58.9 Å². The number of carbonyl (C=O) groups is 1. The van der Waals surface area contributed by atoms with Gasteiger partial charge in [-0.1, -0.05) is 30.3 Å². The fraction of sp³-hybridized carbons (Fsp3) is 0.250. The second-order valence-corrected chi connectivity index (χ2v) is 4.48. The zero-order valence-corrected chi connectivity index (χ0v) is 11.8. The quantitative estimate of drug-likeness (QED) is 0.802. The van der Waals surface area contributed by atoms with Gasteiger partial charge in [0, 0.05) is 11.8 Å². The number of pyridine rings is 1. The molecule has 0 unspecified atom stereocenters. The van der Waals surface area contributed by atoms with E-state index in [4.69, 9.17) is 9.47 Å². The number of esters is 1. The van der Waals surface area contributed by atoms with Gasteiger partial charge in [0.25, 0.3) is 0 Å². The van der Waals surface area contributed by atoms with Gasteiger partial charge in [0.1, 0.15) is 12.4 Å². The van der Waals surface area contributed by atoms with Gasteiger partial charge in [0.05, 0.1) is 18.4 Å². The van der Waals surface area contributed by atoms with E-state index >= 15 is 0 Å². The summed E-state index contributed by atoms with van der Waals surface area (Å²) in [5.41, 5.74) is 3.00. The maximum atomic E-state index is 11.7. The highest BCUT2D eigenvalue weighted by molar-refractivity contribution is 5.91. The highest BCUT2D eigenvalue weighted by Crippen LogP contribution is 2.25. The molecule has 0 atom stereocenters. The van der Waals surface area contributed by atoms with Crippen molar-refractivity contribution in [1.29, 1.82) is 0 Å². The number of benzene rings is 1. The van der Waals surface area contributed by atoms with Crippen molar-refractivity contribution in [3.8, 4) is 5.75 Å². The van der Waals surface area contributed by atoms with Gasteiger partial charge in [-0.3, -0.25) is 4.98 Å². The molecule has 0 saturated heterocycles. The monoisotopic (exact) mass is 271 g/mol. The Bertz CT molecular complexity index is 609. The third kappa shape index (κ3) is 2.96. The van der Waals surface area contributed by atoms with Crippen LogP contribution in [0.4, 0.5) is 0 Å². The summed E-state index contributed by atoms with van der Waals surface area (Å²) in [6, 6.07) is 9.85. The Morgan fingerprint density at radius 2 is 1.90 bits per heavy atom. The van der Waals surface area contributed by atoms with Crippen molar-refractivity contribution in [2.24, 2.45) is 0 Å². The topological polar surface area (TPSA) is 48.4 Å². The van der Waals surface area contributed by atoms with Crippen molar-refractivity contribution in [2.75, 3.05) is 7.11 Å². The van der Waals surface area contributed by atoms with E-state index in [1.54, 1.807) is 0 Å². The second-order valence-electron chi connectivity index (χ2n) is 4.48. The minimum absolute atomic E-state index is 0.403. The molecule has 0 aliphatic carbocycles. The molecule has 0 spiro atoms. The number of aromatic nitrogens is 1. The van der Waals surface area contributed by atoms with Crippen molar-refractivity contribution in [2.45, 2.75) is 20.5 Å². The smallest absolute Gasteiger partial charge is 0.339 e. The largest absolute Gasteiger partial charge is 0.487 e. The van der Waals surface area contributed by atoms with Crippen LogP contribution in [0.1, 0.15) is 27.2 Å². The van der Waals surface area contributed by atoms with E-state index in [9.17, 15) is 4.79 Å². The van der Waals surface area contributed by atoms with Gasteiger partial charge in [-0.15, -0.1) is 0 Å². The first-order valence-corrected chi connectivity index (χ1v) is 6.34. The van der Waals surface area contributed by atoms with Crippen LogP contribution in [0.25, 0.3) is 0 Å². The fourth-order valence-corrected chi connectivity index (χ4v) is 1.97. The Kier molecular flexibility index (Phi) is 4.35. The molecule has 0 N–H and O–H groups in total. The van der Waals surface area contributed by atoms with Crippen LogP contribution in [-0.2, 0) is 11.3 Å². The molecule has 0 aliphatic heterocycles. The van der Waals surface area contributed by atoms with Crippen molar-refractivity contribution in [1.82, 2.24) is 4.98 Å². The lowest BCUT2D eigenvalue weighted by Crippen LogP contribution is -2.08. The molecule has 0 aliphatic rings. The summed E-state index contributed by atoms with van der Waals surface area (Å²) < 4.78 is 10.6. The van der Waals surface area contributed by atoms with Crippen LogP contribution in [0, 0.1) is 13.8 Å². The molecular formula is C16H17NO3. The van der Waals surface area contributed by atoms with Crippen LogP contribution >= 0.6 is 0 Å². The van der Waals surface area contributed by atoms with Crippen LogP contribution in [0.2, 0.25) is 0 Å². The summed E-state index contributed by atoms with van der Waals surface area (Å²) in [7, 11) is 1.35. The lowest BCUT2D eigenvalue weighted by atomic mass is 10.1. The number of nitrogens with zero attached hydrogens (tertiary/aromatic N) is 1. The molecular weight excluding hydrogens is 254 g/mol. The molecule has 0 saturated carbocycles. The molecule has 1 heterocycles. The Labute approximate surface area is 118 Å². The number of rotatable bonds is 4. The summed E-state index contributed by atoms with van der Waals surface area (Å²) in [6.45, 7) is 4.13. The van der Waals surface area contributed by atoms with Crippen molar-refractivity contribution in [3.63, 3.8) is 0 Å². The van der Waals surface area contributed by atoms with Crippen LogP contribution in [0.5, 0.6) is 5.75 Å². The van der Waals surface area contributed by atoms with Gasteiger partial charge in [0.2, 0.25) is 0 Å². The first-order chi connectivity index (χ1) is 9.63. The zero-order chi connectivity index (χ0) is 14.5. The SMILES string of the molecule is COC(=O)c1cnc(C)c(OCc2ccccc2)c1C. The van der Waals surface area contributed by atoms with Gasteiger partial charge in [-0.25, -0.2) is 4.79 Å². The summed E-state index contributed by atoms with van der Waals surface area (Å²) in [5.74, 6) is 0.233. The molecule has 20 heavy (non-hydrogen) atoms. The zero-order valence-electron chi connectivity index (χ0n) is 11.8. The molecule has 0 fully saturated rings. The van der Waals surface area contributed by atoms with Crippen LogP contribution in [0.15, 0.2) is 36.5 Å². The van der Waals surface area contributed by atoms with Crippen LogP contribution in [-0.4, -0.2) is 18.1 Å². The van der Waals surface area contributed by atoms with E-state index in [1.807, 2.05) is 44.2 Å². The van der Waals surface area contributed by atoms with Crippen molar-refractivity contribution < 1.29 is 14.3 Å². The van der Waals surface area contributed by atoms with E-state index < -0.39 is 5.97 Å². The Balaban J connectivity index is 2.25. The normalized spacial score (nSPS) is 10.2. The van der Waals surface area contributed by atoms with E-state index in [1.165, 1.54) is 13.3 Å². The third-order valence-electron chi connectivity index (χ3n) is 3.09. The number of aryl methyl sites for hydroxylation is 1. The molecule has 4 nitrogen and oxygen atoms in total. The van der Waals surface area contributed by atoms with E-state index in [2.05, 4.69) is 4.98 Å². The summed E-state index contributed by atoms with van der Waals surface area (Å²) in [6.07, 6.45) is 1.52. The molecule has 0 bridgehead atoms. The first-order valence-electron chi connectivity index (χ1n) is 6.34. The van der Waals surface area contributed by atoms with E-state index in [-0.39, 0.29) is 0 Å². The lowest BCUT2D eigenvalue weighted by Gasteiger charge is -2.13. The van der Waals surface area contributed by atoms with Gasteiger partial charge < -0.3 is 9.47 Å². The second kappa shape index (κ2) is 6.19. The summed E-state index contributed by atoms with van der Waals surface area (Å²) >= 11 is 0. The van der Waals surface area contributed by atoms with E-state index in [0.717, 1.165) is 16.8 Å². The Hall–Kier alpha value is -2.36. The average molecular weight is 271 g/mol. The highest BCUT2D eigenvalue weighted by Gasteiger charge is 2.16. The summed E-state index contributed by atoms with van der Waals surface area (Å²) in [5, 5.41) is 0. The first kappa shape index (κ1) is 14.1. The highest BCUT2D eigenvalue weighted by atomic mass is 16.5. The lowest BCUT2D eigenvalue weighted by molar-refractivity contribution is 0.0598.